The van der Waals surface area contributed by atoms with Crippen LogP contribution >= 0.6 is 12.1 Å². The van der Waals surface area contributed by atoms with Gasteiger partial charge in [0.25, 0.3) is 0 Å². The van der Waals surface area contributed by atoms with Gasteiger partial charge >= 0.3 is 0 Å². The number of hydrogen-bond acceptors (Lipinski definition) is 2. The second-order valence-corrected chi connectivity index (χ2v) is 6.55. The van der Waals surface area contributed by atoms with Crippen LogP contribution in [0.2, 0.25) is 0 Å². The van der Waals surface area contributed by atoms with Crippen molar-refractivity contribution in [2.45, 2.75) is 24.3 Å². The standard InChI is InChI=1S/C20H20FNS/c1-4-15(3)22-12-19-14(2)10-17(23-21)11-18(19)20(13-22)16-8-6-5-7-9-16/h4-11,20H,1,3,12-13H2,2H3. The van der Waals surface area contributed by atoms with Gasteiger partial charge in [-0.05, 0) is 47.4 Å². The molecule has 3 rings (SSSR count). The smallest absolute Gasteiger partial charge is 0.0812 e. The summed E-state index contributed by atoms with van der Waals surface area (Å²) in [7, 11) is 0. The second kappa shape index (κ2) is 6.63. The SMILES string of the molecule is C=CC(=C)N1Cc2c(C)cc(SF)cc2C(c2ccccc2)C1. The molecule has 1 aliphatic heterocycles. The Balaban J connectivity index is 2.13. The number of hydrogen-bond donors (Lipinski definition) is 0. The highest BCUT2D eigenvalue weighted by Gasteiger charge is 2.28. The fourth-order valence-corrected chi connectivity index (χ4v) is 3.67. The molecule has 2 aromatic carbocycles. The van der Waals surface area contributed by atoms with Gasteiger partial charge in [-0.2, -0.15) is 3.89 Å². The van der Waals surface area contributed by atoms with Crippen LogP contribution in [0.3, 0.4) is 0 Å². The van der Waals surface area contributed by atoms with Gasteiger partial charge in [0.1, 0.15) is 0 Å². The average molecular weight is 325 g/mol. The van der Waals surface area contributed by atoms with E-state index in [1.165, 1.54) is 16.7 Å². The molecule has 1 aliphatic rings. The van der Waals surface area contributed by atoms with E-state index in [0.717, 1.165) is 24.4 Å². The lowest BCUT2D eigenvalue weighted by atomic mass is 9.83. The predicted octanol–water partition coefficient (Wildman–Crippen LogP) is 5.62. The van der Waals surface area contributed by atoms with Crippen molar-refractivity contribution in [1.82, 2.24) is 4.90 Å². The minimum absolute atomic E-state index is 0.211. The van der Waals surface area contributed by atoms with E-state index in [9.17, 15) is 3.89 Å². The van der Waals surface area contributed by atoms with Gasteiger partial charge in [-0.15, -0.1) is 0 Å². The van der Waals surface area contributed by atoms with E-state index in [-0.39, 0.29) is 5.92 Å². The number of rotatable bonds is 4. The van der Waals surface area contributed by atoms with Crippen molar-refractivity contribution in [3.8, 4) is 0 Å². The van der Waals surface area contributed by atoms with Gasteiger partial charge in [0.2, 0.25) is 0 Å². The van der Waals surface area contributed by atoms with Crippen LogP contribution in [0.1, 0.15) is 28.2 Å². The Kier molecular flexibility index (Phi) is 4.58. The summed E-state index contributed by atoms with van der Waals surface area (Å²) >= 11 is 0.317. The fraction of sp³-hybridized carbons (Fsp3) is 0.200. The van der Waals surface area contributed by atoms with Crippen molar-refractivity contribution in [3.63, 3.8) is 0 Å². The third-order valence-electron chi connectivity index (χ3n) is 4.54. The highest BCUT2D eigenvalue weighted by Crippen LogP contribution is 2.38. The van der Waals surface area contributed by atoms with E-state index >= 15 is 0 Å². The number of allylic oxidation sites excluding steroid dienone is 1. The van der Waals surface area contributed by atoms with Gasteiger partial charge in [0, 0.05) is 29.6 Å². The quantitative estimate of drug-likeness (QED) is 0.671. The molecule has 23 heavy (non-hydrogen) atoms. The lowest BCUT2D eigenvalue weighted by molar-refractivity contribution is 0.313. The largest absolute Gasteiger partial charge is 0.367 e. The molecule has 0 saturated carbocycles. The predicted molar refractivity (Wildman–Crippen MR) is 96.2 cm³/mol. The van der Waals surface area contributed by atoms with Gasteiger partial charge in [0.15, 0.2) is 0 Å². The third kappa shape index (κ3) is 3.06. The lowest BCUT2D eigenvalue weighted by Crippen LogP contribution is -2.33. The zero-order valence-electron chi connectivity index (χ0n) is 13.3. The maximum atomic E-state index is 13.1. The fourth-order valence-electron chi connectivity index (χ4n) is 3.27. The van der Waals surface area contributed by atoms with Crippen LogP contribution < -0.4 is 0 Å². The Morgan fingerprint density at radius 1 is 1.30 bits per heavy atom. The van der Waals surface area contributed by atoms with Crippen LogP contribution in [-0.4, -0.2) is 11.4 Å². The van der Waals surface area contributed by atoms with E-state index in [1.807, 2.05) is 18.2 Å². The number of benzene rings is 2. The molecule has 0 N–H and O–H groups in total. The number of nitrogens with zero attached hydrogens (tertiary/aromatic N) is 1. The van der Waals surface area contributed by atoms with Crippen LogP contribution in [0.4, 0.5) is 3.89 Å². The van der Waals surface area contributed by atoms with Gasteiger partial charge in [-0.3, -0.25) is 0 Å². The lowest BCUT2D eigenvalue weighted by Gasteiger charge is -2.37. The number of halogens is 1. The molecule has 0 bridgehead atoms. The van der Waals surface area contributed by atoms with Crippen molar-refractivity contribution in [2.75, 3.05) is 6.54 Å². The first-order valence-electron chi connectivity index (χ1n) is 7.67. The molecule has 0 aliphatic carbocycles. The summed E-state index contributed by atoms with van der Waals surface area (Å²) in [5, 5.41) is 0. The van der Waals surface area contributed by atoms with E-state index in [2.05, 4.69) is 49.2 Å². The Labute approximate surface area is 141 Å². The van der Waals surface area contributed by atoms with Crippen molar-refractivity contribution in [2.24, 2.45) is 0 Å². The Hall–Kier alpha value is -2.00. The molecule has 0 aromatic heterocycles. The Morgan fingerprint density at radius 2 is 2.04 bits per heavy atom. The zero-order valence-corrected chi connectivity index (χ0v) is 14.1. The molecule has 1 unspecified atom stereocenters. The van der Waals surface area contributed by atoms with E-state index in [1.54, 1.807) is 6.08 Å². The average Bonchev–Trinajstić information content (AvgIpc) is 2.60. The van der Waals surface area contributed by atoms with Crippen LogP contribution in [0.25, 0.3) is 0 Å². The summed E-state index contributed by atoms with van der Waals surface area (Å²) in [5.74, 6) is 0.211. The first-order chi connectivity index (χ1) is 11.1. The second-order valence-electron chi connectivity index (χ2n) is 5.92. The summed E-state index contributed by atoms with van der Waals surface area (Å²) in [4.78, 5) is 2.93. The van der Waals surface area contributed by atoms with Crippen molar-refractivity contribution in [1.29, 1.82) is 0 Å². The molecule has 0 radical (unpaired) electrons. The minimum Gasteiger partial charge on any atom is -0.367 e. The third-order valence-corrected chi connectivity index (χ3v) is 4.96. The molecular weight excluding hydrogens is 305 g/mol. The van der Waals surface area contributed by atoms with E-state index < -0.39 is 0 Å². The van der Waals surface area contributed by atoms with Crippen molar-refractivity contribution >= 4 is 12.1 Å². The summed E-state index contributed by atoms with van der Waals surface area (Å²) in [6, 6.07) is 14.3. The van der Waals surface area contributed by atoms with E-state index in [0.29, 0.717) is 17.0 Å². The number of fused-ring (bicyclic) bond motifs is 1. The van der Waals surface area contributed by atoms with E-state index in [4.69, 9.17) is 0 Å². The summed E-state index contributed by atoms with van der Waals surface area (Å²) < 4.78 is 13.1. The minimum atomic E-state index is 0.211. The highest BCUT2D eigenvalue weighted by molar-refractivity contribution is 7.94. The molecule has 1 atom stereocenters. The van der Waals surface area contributed by atoms with Gasteiger partial charge < -0.3 is 4.90 Å². The summed E-state index contributed by atoms with van der Waals surface area (Å²) in [5.41, 5.74) is 5.80. The first-order valence-corrected chi connectivity index (χ1v) is 8.39. The highest BCUT2D eigenvalue weighted by atomic mass is 32.2. The summed E-state index contributed by atoms with van der Waals surface area (Å²) in [6.07, 6.45) is 1.80. The normalized spacial score (nSPS) is 16.8. The maximum absolute atomic E-state index is 13.1. The molecule has 1 nitrogen and oxygen atoms in total. The van der Waals surface area contributed by atoms with Crippen LogP contribution in [0.15, 0.2) is 72.3 Å². The van der Waals surface area contributed by atoms with Crippen LogP contribution in [0, 0.1) is 6.92 Å². The molecule has 1 heterocycles. The monoisotopic (exact) mass is 325 g/mol. The topological polar surface area (TPSA) is 3.24 Å². The van der Waals surface area contributed by atoms with Crippen molar-refractivity contribution in [3.05, 3.63) is 89.6 Å². The Morgan fingerprint density at radius 3 is 2.70 bits per heavy atom. The first kappa shape index (κ1) is 15.9. The zero-order chi connectivity index (χ0) is 16.4. The van der Waals surface area contributed by atoms with Crippen LogP contribution in [-0.2, 0) is 6.54 Å². The molecule has 2 aromatic rings. The van der Waals surface area contributed by atoms with Gasteiger partial charge in [0.05, 0.1) is 12.1 Å². The molecule has 0 fully saturated rings. The maximum Gasteiger partial charge on any atom is 0.0812 e. The summed E-state index contributed by atoms with van der Waals surface area (Å²) in [6.45, 7) is 11.6. The molecule has 3 heteroatoms. The van der Waals surface area contributed by atoms with Gasteiger partial charge in [-0.1, -0.05) is 43.5 Å². The van der Waals surface area contributed by atoms with Gasteiger partial charge in [-0.25, -0.2) is 0 Å². The Bertz CT molecular complexity index is 739. The van der Waals surface area contributed by atoms with Crippen molar-refractivity contribution < 1.29 is 3.89 Å². The van der Waals surface area contributed by atoms with Crippen LogP contribution in [0.5, 0.6) is 0 Å². The molecule has 118 valence electrons. The molecule has 0 spiro atoms. The molecule has 0 saturated heterocycles. The molecule has 0 amide bonds. The number of aryl methyl sites for hydroxylation is 1. The molecular formula is C20H20FNS.